The first-order chi connectivity index (χ1) is 4.79. The summed E-state index contributed by atoms with van der Waals surface area (Å²) >= 11 is 0. The van der Waals surface area contributed by atoms with Crippen LogP contribution in [0.1, 0.15) is 6.42 Å². The second kappa shape index (κ2) is 1.59. The molecule has 0 bridgehead atoms. The van der Waals surface area contributed by atoms with E-state index in [1.54, 1.807) is 6.08 Å². The van der Waals surface area contributed by atoms with Crippen LogP contribution in [0.15, 0.2) is 11.8 Å². The number of amides is 3. The summed E-state index contributed by atoms with van der Waals surface area (Å²) in [4.78, 5) is 23.1. The summed E-state index contributed by atoms with van der Waals surface area (Å²) in [6, 6.07) is -0.284. The maximum atomic E-state index is 10.8. The molecule has 2 rings (SSSR count). The molecular formula is C6H6N2O2. The SMILES string of the molecule is O=C1NC(=O)N2CCC=C12. The van der Waals surface area contributed by atoms with Gasteiger partial charge in [-0.25, -0.2) is 4.79 Å². The quantitative estimate of drug-likeness (QED) is 0.472. The fourth-order valence-corrected chi connectivity index (χ4v) is 1.22. The molecule has 10 heavy (non-hydrogen) atoms. The number of imide groups is 1. The van der Waals surface area contributed by atoms with Crippen LogP contribution in [0.25, 0.3) is 0 Å². The van der Waals surface area contributed by atoms with Crippen molar-refractivity contribution in [1.29, 1.82) is 0 Å². The minimum absolute atomic E-state index is 0.262. The van der Waals surface area contributed by atoms with Crippen LogP contribution in [-0.4, -0.2) is 23.4 Å². The summed E-state index contributed by atoms with van der Waals surface area (Å²) in [6.07, 6.45) is 2.58. The topological polar surface area (TPSA) is 49.4 Å². The molecule has 1 saturated heterocycles. The van der Waals surface area contributed by atoms with Crippen LogP contribution in [0.2, 0.25) is 0 Å². The van der Waals surface area contributed by atoms with Crippen LogP contribution >= 0.6 is 0 Å². The van der Waals surface area contributed by atoms with E-state index < -0.39 is 0 Å². The van der Waals surface area contributed by atoms with Crippen molar-refractivity contribution in [3.8, 4) is 0 Å². The zero-order valence-electron chi connectivity index (χ0n) is 5.26. The highest BCUT2D eigenvalue weighted by Crippen LogP contribution is 2.19. The van der Waals surface area contributed by atoms with Crippen LogP contribution < -0.4 is 5.32 Å². The molecule has 0 spiro atoms. The van der Waals surface area contributed by atoms with E-state index in [9.17, 15) is 9.59 Å². The van der Waals surface area contributed by atoms with Gasteiger partial charge in [0.2, 0.25) is 0 Å². The first-order valence-corrected chi connectivity index (χ1v) is 3.12. The predicted molar refractivity (Wildman–Crippen MR) is 32.9 cm³/mol. The molecule has 0 aliphatic carbocycles. The number of nitrogens with one attached hydrogen (secondary N) is 1. The third-order valence-electron chi connectivity index (χ3n) is 1.68. The van der Waals surface area contributed by atoms with Gasteiger partial charge >= 0.3 is 6.03 Å². The number of hydrogen-bond donors (Lipinski definition) is 1. The Kier molecular flexibility index (Phi) is 0.869. The van der Waals surface area contributed by atoms with Crippen molar-refractivity contribution in [1.82, 2.24) is 10.2 Å². The number of hydrogen-bond acceptors (Lipinski definition) is 2. The maximum Gasteiger partial charge on any atom is 0.329 e. The van der Waals surface area contributed by atoms with Gasteiger partial charge in [0.25, 0.3) is 5.91 Å². The fourth-order valence-electron chi connectivity index (χ4n) is 1.22. The maximum absolute atomic E-state index is 10.8. The molecule has 1 N–H and O–H groups in total. The molecular weight excluding hydrogens is 132 g/mol. The Hall–Kier alpha value is -1.32. The second-order valence-electron chi connectivity index (χ2n) is 2.29. The minimum atomic E-state index is -0.284. The molecule has 2 heterocycles. The highest BCUT2D eigenvalue weighted by Gasteiger charge is 2.34. The first-order valence-electron chi connectivity index (χ1n) is 3.12. The van der Waals surface area contributed by atoms with Gasteiger partial charge in [-0.15, -0.1) is 0 Å². The third kappa shape index (κ3) is 0.504. The molecule has 0 aromatic heterocycles. The van der Waals surface area contributed by atoms with E-state index in [0.29, 0.717) is 12.2 Å². The second-order valence-corrected chi connectivity index (χ2v) is 2.29. The Morgan fingerprint density at radius 3 is 3.00 bits per heavy atom. The minimum Gasteiger partial charge on any atom is -0.289 e. The van der Waals surface area contributed by atoms with E-state index in [1.807, 2.05) is 0 Å². The normalized spacial score (nSPS) is 22.8. The standard InChI is InChI=1S/C6H6N2O2/c9-5-4-2-1-3-8(4)6(10)7-5/h2H,1,3H2,(H,7,9,10). The van der Waals surface area contributed by atoms with Crippen molar-refractivity contribution in [2.75, 3.05) is 6.54 Å². The number of carbonyl (C=O) groups excluding carboxylic acids is 2. The molecule has 0 saturated carbocycles. The van der Waals surface area contributed by atoms with E-state index in [-0.39, 0.29) is 11.9 Å². The lowest BCUT2D eigenvalue weighted by Crippen LogP contribution is -2.26. The number of nitrogens with zero attached hydrogens (tertiary/aromatic N) is 1. The fraction of sp³-hybridized carbons (Fsp3) is 0.333. The van der Waals surface area contributed by atoms with Gasteiger partial charge < -0.3 is 0 Å². The summed E-state index contributed by atoms with van der Waals surface area (Å²) < 4.78 is 0. The van der Waals surface area contributed by atoms with Crippen molar-refractivity contribution in [2.24, 2.45) is 0 Å². The molecule has 0 aromatic carbocycles. The Labute approximate surface area is 57.5 Å². The van der Waals surface area contributed by atoms with Crippen molar-refractivity contribution >= 4 is 11.9 Å². The Morgan fingerprint density at radius 2 is 2.30 bits per heavy atom. The van der Waals surface area contributed by atoms with Gasteiger partial charge in [-0.2, -0.15) is 0 Å². The van der Waals surface area contributed by atoms with Crippen molar-refractivity contribution < 1.29 is 9.59 Å². The number of urea groups is 1. The van der Waals surface area contributed by atoms with Gasteiger partial charge in [0, 0.05) is 6.54 Å². The molecule has 2 aliphatic rings. The largest absolute Gasteiger partial charge is 0.329 e. The third-order valence-corrected chi connectivity index (χ3v) is 1.68. The van der Waals surface area contributed by atoms with Crippen LogP contribution in [0.5, 0.6) is 0 Å². The number of carbonyl (C=O) groups is 2. The van der Waals surface area contributed by atoms with Gasteiger partial charge in [-0.3, -0.25) is 15.0 Å². The Morgan fingerprint density at radius 1 is 1.50 bits per heavy atom. The van der Waals surface area contributed by atoms with E-state index in [0.717, 1.165) is 6.42 Å². The van der Waals surface area contributed by atoms with Gasteiger partial charge in [-0.1, -0.05) is 6.08 Å². The average Bonchev–Trinajstić information content (AvgIpc) is 2.39. The van der Waals surface area contributed by atoms with Gasteiger partial charge in [0.1, 0.15) is 5.70 Å². The van der Waals surface area contributed by atoms with E-state index in [2.05, 4.69) is 5.32 Å². The van der Waals surface area contributed by atoms with Gasteiger partial charge in [-0.05, 0) is 6.42 Å². The highest BCUT2D eigenvalue weighted by atomic mass is 16.2. The summed E-state index contributed by atoms with van der Waals surface area (Å²) in [5, 5.41) is 2.20. The first kappa shape index (κ1) is 5.46. The summed E-state index contributed by atoms with van der Waals surface area (Å²) in [6.45, 7) is 0.646. The smallest absolute Gasteiger partial charge is 0.289 e. The predicted octanol–water partition coefficient (Wildman–Crippen LogP) is -0.174. The van der Waals surface area contributed by atoms with Crippen molar-refractivity contribution in [2.45, 2.75) is 6.42 Å². The zero-order chi connectivity index (χ0) is 7.14. The molecule has 1 fully saturated rings. The van der Waals surface area contributed by atoms with E-state index in [1.165, 1.54) is 4.90 Å². The Bertz CT molecular complexity index is 244. The lowest BCUT2D eigenvalue weighted by atomic mass is 10.4. The zero-order valence-corrected chi connectivity index (χ0v) is 5.26. The van der Waals surface area contributed by atoms with Crippen molar-refractivity contribution in [3.63, 3.8) is 0 Å². The molecule has 2 aliphatic heterocycles. The van der Waals surface area contributed by atoms with Crippen LogP contribution in [0.3, 0.4) is 0 Å². The monoisotopic (exact) mass is 138 g/mol. The lowest BCUT2D eigenvalue weighted by Gasteiger charge is -2.05. The molecule has 0 aromatic rings. The summed E-state index contributed by atoms with van der Waals surface area (Å²) in [5.74, 6) is -0.262. The molecule has 0 unspecified atom stereocenters. The van der Waals surface area contributed by atoms with E-state index in [4.69, 9.17) is 0 Å². The molecule has 4 heteroatoms. The molecule has 0 radical (unpaired) electrons. The molecule has 4 nitrogen and oxygen atoms in total. The van der Waals surface area contributed by atoms with Crippen LogP contribution in [0.4, 0.5) is 4.79 Å². The average molecular weight is 138 g/mol. The number of rotatable bonds is 0. The lowest BCUT2D eigenvalue weighted by molar-refractivity contribution is -0.116. The van der Waals surface area contributed by atoms with Crippen LogP contribution in [0, 0.1) is 0 Å². The number of fused-ring (bicyclic) bond motifs is 1. The van der Waals surface area contributed by atoms with Crippen molar-refractivity contribution in [3.05, 3.63) is 11.8 Å². The molecule has 52 valence electrons. The summed E-state index contributed by atoms with van der Waals surface area (Å²) in [7, 11) is 0. The molecule has 3 amide bonds. The van der Waals surface area contributed by atoms with E-state index >= 15 is 0 Å². The van der Waals surface area contributed by atoms with Gasteiger partial charge in [0.15, 0.2) is 0 Å². The highest BCUT2D eigenvalue weighted by molar-refractivity contribution is 6.12. The van der Waals surface area contributed by atoms with Gasteiger partial charge in [0.05, 0.1) is 0 Å². The Balaban J connectivity index is 2.41. The summed E-state index contributed by atoms with van der Waals surface area (Å²) in [5.41, 5.74) is 0.519. The van der Waals surface area contributed by atoms with Crippen LogP contribution in [-0.2, 0) is 4.79 Å². The molecule has 0 atom stereocenters.